The molecular formula is C21H20N4. The van der Waals surface area contributed by atoms with E-state index in [2.05, 4.69) is 63.8 Å². The van der Waals surface area contributed by atoms with E-state index in [-0.39, 0.29) is 0 Å². The highest BCUT2D eigenvalue weighted by Gasteiger charge is 2.04. The summed E-state index contributed by atoms with van der Waals surface area (Å²) in [5, 5.41) is 4.59. The third-order valence-corrected chi connectivity index (χ3v) is 4.36. The minimum Gasteiger partial charge on any atom is -0.382 e. The molecule has 4 N–H and O–H groups in total. The Morgan fingerprint density at radius 1 is 1.00 bits per heavy atom. The second-order valence-electron chi connectivity index (χ2n) is 6.22. The van der Waals surface area contributed by atoms with Crippen LogP contribution in [0.2, 0.25) is 0 Å². The molecule has 0 aliphatic heterocycles. The van der Waals surface area contributed by atoms with Gasteiger partial charge in [0.15, 0.2) is 0 Å². The number of nitrogens with two attached hydrogens (primary N) is 1. The predicted octanol–water partition coefficient (Wildman–Crippen LogP) is 4.73. The molecule has 4 rings (SSSR count). The number of hydrogen-bond donors (Lipinski definition) is 3. The molecule has 124 valence electrons. The Kier molecular flexibility index (Phi) is 3.86. The van der Waals surface area contributed by atoms with E-state index >= 15 is 0 Å². The Bertz CT molecular complexity index is 1030. The van der Waals surface area contributed by atoms with Crippen molar-refractivity contribution >= 4 is 22.4 Å². The molecule has 0 spiro atoms. The number of anilines is 2. The van der Waals surface area contributed by atoms with Crippen LogP contribution in [-0.4, -0.2) is 9.97 Å². The summed E-state index contributed by atoms with van der Waals surface area (Å²) in [5.74, 6) is 0.536. The van der Waals surface area contributed by atoms with Crippen LogP contribution in [-0.2, 0) is 6.54 Å². The quantitative estimate of drug-likeness (QED) is 0.507. The average molecular weight is 328 g/mol. The van der Waals surface area contributed by atoms with Gasteiger partial charge in [0.2, 0.25) is 0 Å². The number of rotatable bonds is 4. The first kappa shape index (κ1) is 15.3. The maximum Gasteiger partial charge on any atom is 0.147 e. The first-order chi connectivity index (χ1) is 12.2. The van der Waals surface area contributed by atoms with Crippen LogP contribution < -0.4 is 11.1 Å². The number of aromatic nitrogens is 2. The number of hydrogen-bond acceptors (Lipinski definition) is 3. The monoisotopic (exact) mass is 328 g/mol. The molecule has 2 aromatic carbocycles. The first-order valence-corrected chi connectivity index (χ1v) is 8.32. The molecule has 0 amide bonds. The van der Waals surface area contributed by atoms with Crippen molar-refractivity contribution in [3.63, 3.8) is 0 Å². The number of aryl methyl sites for hydroxylation is 1. The lowest BCUT2D eigenvalue weighted by molar-refractivity contribution is 1.13. The molecule has 0 fully saturated rings. The summed E-state index contributed by atoms with van der Waals surface area (Å²) in [5.41, 5.74) is 12.5. The zero-order valence-corrected chi connectivity index (χ0v) is 14.1. The summed E-state index contributed by atoms with van der Waals surface area (Å²) in [6.45, 7) is 2.64. The zero-order chi connectivity index (χ0) is 17.2. The van der Waals surface area contributed by atoms with E-state index in [1.54, 1.807) is 0 Å². The number of H-pyrrole nitrogens is 1. The molecule has 0 unspecified atom stereocenters. The third kappa shape index (κ3) is 3.19. The number of nitrogens with zero attached hydrogens (tertiary/aromatic N) is 1. The SMILES string of the molecule is Cc1ccc(NCc2cccc(-c3ccc4cc[nH]c4c3)c2)c(N)n1. The zero-order valence-electron chi connectivity index (χ0n) is 14.1. The number of fused-ring (bicyclic) bond motifs is 1. The minimum atomic E-state index is 0.536. The van der Waals surface area contributed by atoms with Crippen LogP contribution >= 0.6 is 0 Å². The van der Waals surface area contributed by atoms with Gasteiger partial charge in [-0.15, -0.1) is 0 Å². The molecule has 0 saturated carbocycles. The number of aromatic amines is 1. The van der Waals surface area contributed by atoms with Crippen molar-refractivity contribution in [2.75, 3.05) is 11.1 Å². The summed E-state index contributed by atoms with van der Waals surface area (Å²) in [6.07, 6.45) is 1.97. The van der Waals surface area contributed by atoms with Gasteiger partial charge in [0, 0.05) is 24.0 Å². The van der Waals surface area contributed by atoms with Crippen LogP contribution in [0.4, 0.5) is 11.5 Å². The van der Waals surface area contributed by atoms with Crippen molar-refractivity contribution in [1.29, 1.82) is 0 Å². The molecule has 2 heterocycles. The Hall–Kier alpha value is -3.27. The van der Waals surface area contributed by atoms with E-state index in [0.29, 0.717) is 12.4 Å². The second kappa shape index (κ2) is 6.32. The molecule has 0 bridgehead atoms. The van der Waals surface area contributed by atoms with Gasteiger partial charge in [0.1, 0.15) is 5.82 Å². The molecule has 0 saturated heterocycles. The Labute approximate surface area is 146 Å². The van der Waals surface area contributed by atoms with Gasteiger partial charge in [-0.1, -0.05) is 30.3 Å². The van der Waals surface area contributed by atoms with Gasteiger partial charge in [-0.05, 0) is 59.3 Å². The number of benzene rings is 2. The minimum absolute atomic E-state index is 0.536. The van der Waals surface area contributed by atoms with E-state index in [4.69, 9.17) is 5.73 Å². The largest absolute Gasteiger partial charge is 0.382 e. The Balaban J connectivity index is 1.56. The molecule has 0 aliphatic rings. The summed E-state index contributed by atoms with van der Waals surface area (Å²) in [7, 11) is 0. The molecule has 25 heavy (non-hydrogen) atoms. The predicted molar refractivity (Wildman–Crippen MR) is 104 cm³/mol. The van der Waals surface area contributed by atoms with Crippen LogP contribution in [0.3, 0.4) is 0 Å². The first-order valence-electron chi connectivity index (χ1n) is 8.32. The summed E-state index contributed by atoms with van der Waals surface area (Å²) < 4.78 is 0. The maximum absolute atomic E-state index is 5.97. The van der Waals surface area contributed by atoms with E-state index in [1.807, 2.05) is 25.3 Å². The molecule has 0 aliphatic carbocycles. The van der Waals surface area contributed by atoms with Crippen molar-refractivity contribution < 1.29 is 0 Å². The lowest BCUT2D eigenvalue weighted by Gasteiger charge is -2.10. The molecule has 4 heteroatoms. The van der Waals surface area contributed by atoms with Gasteiger partial charge in [-0.3, -0.25) is 0 Å². The second-order valence-corrected chi connectivity index (χ2v) is 6.22. The molecule has 0 radical (unpaired) electrons. The van der Waals surface area contributed by atoms with Gasteiger partial charge in [-0.25, -0.2) is 4.98 Å². The van der Waals surface area contributed by atoms with Crippen LogP contribution in [0.25, 0.3) is 22.0 Å². The number of pyridine rings is 1. The maximum atomic E-state index is 5.97. The number of nitrogens with one attached hydrogen (secondary N) is 2. The fraction of sp³-hybridized carbons (Fsp3) is 0.0952. The van der Waals surface area contributed by atoms with E-state index in [1.165, 1.54) is 22.1 Å². The topological polar surface area (TPSA) is 66.7 Å². The molecular weight excluding hydrogens is 308 g/mol. The number of nitrogen functional groups attached to an aromatic ring is 1. The summed E-state index contributed by atoms with van der Waals surface area (Å²) >= 11 is 0. The lowest BCUT2D eigenvalue weighted by atomic mass is 10.0. The van der Waals surface area contributed by atoms with Crippen LogP contribution in [0.5, 0.6) is 0 Å². The van der Waals surface area contributed by atoms with Crippen molar-refractivity contribution in [3.05, 3.63) is 78.1 Å². The van der Waals surface area contributed by atoms with Crippen molar-refractivity contribution in [2.24, 2.45) is 0 Å². The van der Waals surface area contributed by atoms with Gasteiger partial charge >= 0.3 is 0 Å². The fourth-order valence-electron chi connectivity index (χ4n) is 3.01. The van der Waals surface area contributed by atoms with Crippen LogP contribution in [0.15, 0.2) is 66.9 Å². The van der Waals surface area contributed by atoms with Gasteiger partial charge in [0.05, 0.1) is 5.69 Å². The highest BCUT2D eigenvalue weighted by molar-refractivity contribution is 5.84. The average Bonchev–Trinajstić information content (AvgIpc) is 3.09. The van der Waals surface area contributed by atoms with Gasteiger partial charge < -0.3 is 16.0 Å². The van der Waals surface area contributed by atoms with Gasteiger partial charge in [0.25, 0.3) is 0 Å². The highest BCUT2D eigenvalue weighted by Crippen LogP contribution is 2.25. The van der Waals surface area contributed by atoms with E-state index in [0.717, 1.165) is 16.9 Å². The molecule has 4 nitrogen and oxygen atoms in total. The summed E-state index contributed by atoms with van der Waals surface area (Å²) in [6, 6.07) is 21.0. The summed E-state index contributed by atoms with van der Waals surface area (Å²) in [4.78, 5) is 7.56. The lowest BCUT2D eigenvalue weighted by Crippen LogP contribution is -2.04. The standard InChI is InChI=1S/C21H20N4/c1-14-5-8-19(21(22)25-14)24-13-15-3-2-4-17(11-15)18-7-6-16-9-10-23-20(16)12-18/h2-12,23-24H,13H2,1H3,(H2,22,25). The van der Waals surface area contributed by atoms with Crippen molar-refractivity contribution in [3.8, 4) is 11.1 Å². The molecule has 2 aromatic heterocycles. The van der Waals surface area contributed by atoms with Crippen LogP contribution in [0.1, 0.15) is 11.3 Å². The van der Waals surface area contributed by atoms with E-state index < -0.39 is 0 Å². The van der Waals surface area contributed by atoms with Crippen molar-refractivity contribution in [2.45, 2.75) is 13.5 Å². The normalized spacial score (nSPS) is 10.9. The fourth-order valence-corrected chi connectivity index (χ4v) is 3.01. The Morgan fingerprint density at radius 3 is 2.76 bits per heavy atom. The third-order valence-electron chi connectivity index (χ3n) is 4.36. The molecule has 4 aromatic rings. The van der Waals surface area contributed by atoms with E-state index in [9.17, 15) is 0 Å². The molecule has 0 atom stereocenters. The van der Waals surface area contributed by atoms with Crippen molar-refractivity contribution in [1.82, 2.24) is 9.97 Å². The van der Waals surface area contributed by atoms with Crippen LogP contribution in [0, 0.1) is 6.92 Å². The Morgan fingerprint density at radius 2 is 1.88 bits per heavy atom. The highest BCUT2D eigenvalue weighted by atomic mass is 15.0. The smallest absolute Gasteiger partial charge is 0.147 e. The van der Waals surface area contributed by atoms with Gasteiger partial charge in [-0.2, -0.15) is 0 Å².